The van der Waals surface area contributed by atoms with Crippen LogP contribution < -0.4 is 10.1 Å². The van der Waals surface area contributed by atoms with Crippen LogP contribution in [0.5, 0.6) is 11.6 Å². The Kier molecular flexibility index (Phi) is 3.39. The second-order valence-electron chi connectivity index (χ2n) is 3.13. The third kappa shape index (κ3) is 2.62. The average molecular weight is 254 g/mol. The molecule has 0 bridgehead atoms. The number of rotatable bonds is 3. The van der Waals surface area contributed by atoms with E-state index in [0.29, 0.717) is 10.8 Å². The van der Waals surface area contributed by atoms with Gasteiger partial charge in [0.15, 0.2) is 0 Å². The SMILES string of the molecule is CNc1ncc(F)c(Oc2ccccc2Cl)n1. The van der Waals surface area contributed by atoms with E-state index >= 15 is 0 Å². The van der Waals surface area contributed by atoms with E-state index in [-0.39, 0.29) is 11.8 Å². The molecule has 0 fully saturated rings. The quantitative estimate of drug-likeness (QED) is 0.913. The van der Waals surface area contributed by atoms with Gasteiger partial charge >= 0.3 is 0 Å². The molecule has 1 N–H and O–H groups in total. The Balaban J connectivity index is 2.32. The number of aromatic nitrogens is 2. The van der Waals surface area contributed by atoms with E-state index in [9.17, 15) is 4.39 Å². The first-order chi connectivity index (χ1) is 8.20. The molecule has 0 radical (unpaired) electrons. The highest BCUT2D eigenvalue weighted by Gasteiger charge is 2.10. The van der Waals surface area contributed by atoms with Gasteiger partial charge in [0, 0.05) is 7.05 Å². The van der Waals surface area contributed by atoms with Crippen LogP contribution in [-0.2, 0) is 0 Å². The van der Waals surface area contributed by atoms with Gasteiger partial charge in [0.2, 0.25) is 11.8 Å². The molecule has 2 rings (SSSR count). The molecule has 0 spiro atoms. The highest BCUT2D eigenvalue weighted by molar-refractivity contribution is 6.32. The fourth-order valence-electron chi connectivity index (χ4n) is 1.18. The third-order valence-electron chi connectivity index (χ3n) is 1.98. The topological polar surface area (TPSA) is 47.0 Å². The predicted octanol–water partition coefficient (Wildman–Crippen LogP) is 3.10. The Bertz CT molecular complexity index is 536. The predicted molar refractivity (Wildman–Crippen MR) is 63.1 cm³/mol. The van der Waals surface area contributed by atoms with Crippen molar-refractivity contribution < 1.29 is 9.13 Å². The number of benzene rings is 1. The second-order valence-corrected chi connectivity index (χ2v) is 3.54. The summed E-state index contributed by atoms with van der Waals surface area (Å²) in [7, 11) is 1.63. The van der Waals surface area contributed by atoms with Gasteiger partial charge in [-0.25, -0.2) is 4.98 Å². The molecular formula is C11H9ClFN3O. The third-order valence-corrected chi connectivity index (χ3v) is 2.29. The van der Waals surface area contributed by atoms with Crippen LogP contribution in [-0.4, -0.2) is 17.0 Å². The summed E-state index contributed by atoms with van der Waals surface area (Å²) in [6, 6.07) is 6.77. The minimum absolute atomic E-state index is 0.169. The number of hydrogen-bond donors (Lipinski definition) is 1. The van der Waals surface area contributed by atoms with Gasteiger partial charge in [-0.15, -0.1) is 0 Å². The molecule has 0 aliphatic heterocycles. The summed E-state index contributed by atoms with van der Waals surface area (Å²) >= 11 is 5.89. The molecule has 1 heterocycles. The van der Waals surface area contributed by atoms with Crippen LogP contribution in [0, 0.1) is 5.82 Å². The summed E-state index contributed by atoms with van der Waals surface area (Å²) in [5.41, 5.74) is 0. The molecule has 1 aromatic carbocycles. The summed E-state index contributed by atoms with van der Waals surface area (Å²) in [6.07, 6.45) is 1.03. The Morgan fingerprint density at radius 2 is 2.12 bits per heavy atom. The number of hydrogen-bond acceptors (Lipinski definition) is 4. The van der Waals surface area contributed by atoms with E-state index in [1.165, 1.54) is 0 Å². The molecule has 0 aliphatic rings. The number of nitrogens with zero attached hydrogens (tertiary/aromatic N) is 2. The molecule has 88 valence electrons. The Morgan fingerprint density at radius 3 is 2.82 bits per heavy atom. The highest BCUT2D eigenvalue weighted by Crippen LogP contribution is 2.29. The van der Waals surface area contributed by atoms with Crippen molar-refractivity contribution in [1.82, 2.24) is 9.97 Å². The van der Waals surface area contributed by atoms with Gasteiger partial charge in [-0.3, -0.25) is 0 Å². The molecule has 0 saturated heterocycles. The average Bonchev–Trinajstić information content (AvgIpc) is 2.35. The van der Waals surface area contributed by atoms with Crippen LogP contribution >= 0.6 is 11.6 Å². The summed E-state index contributed by atoms with van der Waals surface area (Å²) in [5.74, 6) is -0.205. The van der Waals surface area contributed by atoms with Crippen molar-refractivity contribution in [2.24, 2.45) is 0 Å². The number of halogens is 2. The largest absolute Gasteiger partial charge is 0.435 e. The Morgan fingerprint density at radius 1 is 1.35 bits per heavy atom. The van der Waals surface area contributed by atoms with Gasteiger partial charge in [-0.2, -0.15) is 9.37 Å². The lowest BCUT2D eigenvalue weighted by molar-refractivity contribution is 0.421. The number of nitrogens with one attached hydrogen (secondary N) is 1. The van der Waals surface area contributed by atoms with Gasteiger partial charge in [-0.05, 0) is 12.1 Å². The smallest absolute Gasteiger partial charge is 0.260 e. The van der Waals surface area contributed by atoms with Crippen molar-refractivity contribution in [3.63, 3.8) is 0 Å². The van der Waals surface area contributed by atoms with Gasteiger partial charge < -0.3 is 10.1 Å². The fraction of sp³-hybridized carbons (Fsp3) is 0.0909. The molecule has 0 amide bonds. The number of para-hydroxylation sites is 1. The van der Waals surface area contributed by atoms with Crippen molar-refractivity contribution >= 4 is 17.5 Å². The van der Waals surface area contributed by atoms with Crippen molar-refractivity contribution in [1.29, 1.82) is 0 Å². The fourth-order valence-corrected chi connectivity index (χ4v) is 1.35. The first-order valence-electron chi connectivity index (χ1n) is 4.83. The minimum Gasteiger partial charge on any atom is -0.435 e. The Hall–Kier alpha value is -1.88. The molecular weight excluding hydrogens is 245 g/mol. The van der Waals surface area contributed by atoms with E-state index in [2.05, 4.69) is 15.3 Å². The number of anilines is 1. The summed E-state index contributed by atoms with van der Waals surface area (Å²) in [6.45, 7) is 0. The van der Waals surface area contributed by atoms with E-state index in [4.69, 9.17) is 16.3 Å². The molecule has 6 heteroatoms. The van der Waals surface area contributed by atoms with Crippen LogP contribution in [0.1, 0.15) is 0 Å². The van der Waals surface area contributed by atoms with Crippen LogP contribution in [0.4, 0.5) is 10.3 Å². The molecule has 0 saturated carbocycles. The van der Waals surface area contributed by atoms with Crippen LogP contribution in [0.2, 0.25) is 5.02 Å². The maximum atomic E-state index is 13.4. The minimum atomic E-state index is -0.649. The van der Waals surface area contributed by atoms with E-state index in [1.54, 1.807) is 31.3 Å². The zero-order chi connectivity index (χ0) is 12.3. The molecule has 0 unspecified atom stereocenters. The van der Waals surface area contributed by atoms with Crippen molar-refractivity contribution in [3.8, 4) is 11.6 Å². The second kappa shape index (κ2) is 4.97. The lowest BCUT2D eigenvalue weighted by Gasteiger charge is -2.07. The van der Waals surface area contributed by atoms with Crippen molar-refractivity contribution in [3.05, 3.63) is 41.3 Å². The van der Waals surface area contributed by atoms with E-state index in [1.807, 2.05) is 0 Å². The lowest BCUT2D eigenvalue weighted by Crippen LogP contribution is -2.00. The van der Waals surface area contributed by atoms with Crippen LogP contribution in [0.15, 0.2) is 30.5 Å². The molecule has 4 nitrogen and oxygen atoms in total. The molecule has 2 aromatic rings. The molecule has 1 aromatic heterocycles. The lowest BCUT2D eigenvalue weighted by atomic mass is 10.3. The first-order valence-corrected chi connectivity index (χ1v) is 5.21. The summed E-state index contributed by atoms with van der Waals surface area (Å²) in [4.78, 5) is 7.56. The molecule has 17 heavy (non-hydrogen) atoms. The van der Waals surface area contributed by atoms with Gasteiger partial charge in [-0.1, -0.05) is 23.7 Å². The monoisotopic (exact) mass is 253 g/mol. The zero-order valence-electron chi connectivity index (χ0n) is 8.95. The van der Waals surface area contributed by atoms with Crippen LogP contribution in [0.3, 0.4) is 0 Å². The molecule has 0 atom stereocenters. The highest BCUT2D eigenvalue weighted by atomic mass is 35.5. The van der Waals surface area contributed by atoms with E-state index in [0.717, 1.165) is 6.20 Å². The van der Waals surface area contributed by atoms with Gasteiger partial charge in [0.25, 0.3) is 5.88 Å². The van der Waals surface area contributed by atoms with Gasteiger partial charge in [0.05, 0.1) is 11.2 Å². The number of ether oxygens (including phenoxy) is 1. The van der Waals surface area contributed by atoms with Crippen LogP contribution in [0.25, 0.3) is 0 Å². The van der Waals surface area contributed by atoms with Gasteiger partial charge in [0.1, 0.15) is 5.75 Å². The van der Waals surface area contributed by atoms with Crippen molar-refractivity contribution in [2.45, 2.75) is 0 Å². The normalized spacial score (nSPS) is 10.1. The van der Waals surface area contributed by atoms with E-state index < -0.39 is 5.82 Å². The maximum absolute atomic E-state index is 13.4. The maximum Gasteiger partial charge on any atom is 0.260 e. The summed E-state index contributed by atoms with van der Waals surface area (Å²) in [5, 5.41) is 3.08. The molecule has 0 aliphatic carbocycles. The first kappa shape index (κ1) is 11.6. The zero-order valence-corrected chi connectivity index (χ0v) is 9.70. The summed E-state index contributed by atoms with van der Waals surface area (Å²) < 4.78 is 18.7. The Labute approximate surface area is 102 Å². The standard InChI is InChI=1S/C11H9ClFN3O/c1-14-11-15-6-8(13)10(16-11)17-9-5-3-2-4-7(9)12/h2-6H,1H3,(H,14,15,16). The van der Waals surface area contributed by atoms with Crippen molar-refractivity contribution in [2.75, 3.05) is 12.4 Å².